The maximum absolute atomic E-state index is 12.2. The number of nitrogens with zero attached hydrogens (tertiary/aromatic N) is 1. The number of carbonyl (C=O) groups excluding carboxylic acids is 1. The summed E-state index contributed by atoms with van der Waals surface area (Å²) in [7, 11) is 0. The highest BCUT2D eigenvalue weighted by molar-refractivity contribution is 5.85. The number of rotatable bonds is 6. The predicted molar refractivity (Wildman–Crippen MR) is 77.5 cm³/mol. The molecule has 0 spiro atoms. The number of hydrogen-bond acceptors (Lipinski definition) is 3. The van der Waals surface area contributed by atoms with Crippen molar-refractivity contribution < 1.29 is 10.0 Å². The molecule has 108 valence electrons. The second kappa shape index (κ2) is 6.41. The maximum atomic E-state index is 12.2. The second-order valence-corrected chi connectivity index (χ2v) is 5.27. The van der Waals surface area contributed by atoms with Gasteiger partial charge in [-0.15, -0.1) is 0 Å². The van der Waals surface area contributed by atoms with E-state index in [1.807, 2.05) is 25.1 Å². The number of amidine groups is 1. The molecule has 1 aromatic rings. The lowest BCUT2D eigenvalue weighted by atomic mass is 10.1. The van der Waals surface area contributed by atoms with Gasteiger partial charge in [-0.05, 0) is 24.3 Å². The molecule has 0 saturated heterocycles. The van der Waals surface area contributed by atoms with Gasteiger partial charge in [0.25, 0.3) is 0 Å². The van der Waals surface area contributed by atoms with E-state index in [2.05, 4.69) is 22.6 Å². The third-order valence-corrected chi connectivity index (χ3v) is 3.78. The largest absolute Gasteiger partial charge is 0.409 e. The molecule has 0 aromatic heterocycles. The lowest BCUT2D eigenvalue weighted by Gasteiger charge is -2.16. The number of carbonyl (C=O) groups is 1. The zero-order chi connectivity index (χ0) is 14.5. The van der Waals surface area contributed by atoms with Crippen molar-refractivity contribution in [2.45, 2.75) is 38.1 Å². The van der Waals surface area contributed by atoms with E-state index in [4.69, 9.17) is 10.9 Å². The highest BCUT2D eigenvalue weighted by Gasteiger charge is 2.44. The molecule has 5 nitrogen and oxygen atoms in total. The molecule has 2 rings (SSSR count). The summed E-state index contributed by atoms with van der Waals surface area (Å²) in [4.78, 5) is 12.2. The summed E-state index contributed by atoms with van der Waals surface area (Å²) in [6.07, 6.45) is 2.03. The van der Waals surface area contributed by atoms with Crippen LogP contribution in [0.3, 0.4) is 0 Å². The Morgan fingerprint density at radius 2 is 2.20 bits per heavy atom. The lowest BCUT2D eigenvalue weighted by Crippen LogP contribution is -2.38. The van der Waals surface area contributed by atoms with Crippen LogP contribution in [0, 0.1) is 5.92 Å². The molecule has 4 N–H and O–H groups in total. The number of oxime groups is 1. The fourth-order valence-corrected chi connectivity index (χ4v) is 2.45. The van der Waals surface area contributed by atoms with Gasteiger partial charge in [-0.25, -0.2) is 0 Å². The molecule has 1 aliphatic rings. The van der Waals surface area contributed by atoms with Crippen molar-refractivity contribution in [2.24, 2.45) is 16.8 Å². The van der Waals surface area contributed by atoms with Gasteiger partial charge in [-0.3, -0.25) is 4.79 Å². The van der Waals surface area contributed by atoms with Crippen molar-refractivity contribution >= 4 is 11.7 Å². The second-order valence-electron chi connectivity index (χ2n) is 5.27. The molecule has 0 heterocycles. The van der Waals surface area contributed by atoms with Gasteiger partial charge in [0.2, 0.25) is 5.91 Å². The molecule has 5 heteroatoms. The molecular formula is C15H21N3O2. The Hall–Kier alpha value is -2.04. The molecule has 1 aromatic carbocycles. The zero-order valence-electron chi connectivity index (χ0n) is 11.6. The standard InChI is InChI=1S/C15H21N3O2/c1-2-11(8-14(16)18-20)17-15(19)13-9-12(13)10-6-4-3-5-7-10/h3-7,11-13,20H,2,8-9H2,1H3,(H2,16,18)(H,17,19). The average Bonchev–Trinajstić information content (AvgIpc) is 3.27. The Labute approximate surface area is 118 Å². The van der Waals surface area contributed by atoms with E-state index in [-0.39, 0.29) is 23.7 Å². The van der Waals surface area contributed by atoms with Crippen LogP contribution in [0.2, 0.25) is 0 Å². The summed E-state index contributed by atoms with van der Waals surface area (Å²) in [5.41, 5.74) is 6.70. The van der Waals surface area contributed by atoms with Gasteiger partial charge in [-0.2, -0.15) is 0 Å². The molecule has 0 radical (unpaired) electrons. The number of amides is 1. The number of nitrogens with two attached hydrogens (primary N) is 1. The van der Waals surface area contributed by atoms with Crippen molar-refractivity contribution in [2.75, 3.05) is 0 Å². The Kier molecular flexibility index (Phi) is 4.61. The molecule has 3 unspecified atom stereocenters. The molecule has 0 bridgehead atoms. The van der Waals surface area contributed by atoms with Gasteiger partial charge in [0.1, 0.15) is 5.84 Å². The lowest BCUT2D eigenvalue weighted by molar-refractivity contribution is -0.123. The zero-order valence-corrected chi connectivity index (χ0v) is 11.6. The van der Waals surface area contributed by atoms with Crippen LogP contribution in [0.25, 0.3) is 0 Å². The topological polar surface area (TPSA) is 87.7 Å². The number of hydrogen-bond donors (Lipinski definition) is 3. The SMILES string of the molecule is CCC(C/C(N)=N/O)NC(=O)C1CC1c1ccccc1. The van der Waals surface area contributed by atoms with E-state index in [1.54, 1.807) is 0 Å². The van der Waals surface area contributed by atoms with Gasteiger partial charge >= 0.3 is 0 Å². The van der Waals surface area contributed by atoms with E-state index in [0.717, 1.165) is 12.8 Å². The van der Waals surface area contributed by atoms with Crippen LogP contribution in [-0.2, 0) is 4.79 Å². The van der Waals surface area contributed by atoms with Crippen molar-refractivity contribution in [3.63, 3.8) is 0 Å². The quantitative estimate of drug-likeness (QED) is 0.320. The first kappa shape index (κ1) is 14.4. The average molecular weight is 275 g/mol. The van der Waals surface area contributed by atoms with Gasteiger partial charge in [0, 0.05) is 18.4 Å². The fraction of sp³-hybridized carbons (Fsp3) is 0.467. The number of benzene rings is 1. The Morgan fingerprint density at radius 3 is 2.80 bits per heavy atom. The summed E-state index contributed by atoms with van der Waals surface area (Å²) in [6, 6.07) is 10.0. The Balaban J connectivity index is 1.87. The van der Waals surface area contributed by atoms with Crippen molar-refractivity contribution in [3.05, 3.63) is 35.9 Å². The fourth-order valence-electron chi connectivity index (χ4n) is 2.45. The predicted octanol–water partition coefficient (Wildman–Crippen LogP) is 1.82. The van der Waals surface area contributed by atoms with Crippen molar-refractivity contribution in [1.29, 1.82) is 0 Å². The third-order valence-electron chi connectivity index (χ3n) is 3.78. The highest BCUT2D eigenvalue weighted by atomic mass is 16.4. The van der Waals surface area contributed by atoms with Gasteiger partial charge in [-0.1, -0.05) is 42.4 Å². The molecular weight excluding hydrogens is 254 g/mol. The minimum atomic E-state index is -0.0737. The molecule has 1 saturated carbocycles. The molecule has 1 aliphatic carbocycles. The van der Waals surface area contributed by atoms with E-state index in [0.29, 0.717) is 12.3 Å². The Bertz CT molecular complexity index is 487. The summed E-state index contributed by atoms with van der Waals surface area (Å²) in [6.45, 7) is 1.97. The van der Waals surface area contributed by atoms with E-state index < -0.39 is 0 Å². The first-order valence-corrected chi connectivity index (χ1v) is 6.97. The smallest absolute Gasteiger partial charge is 0.223 e. The van der Waals surface area contributed by atoms with Crippen molar-refractivity contribution in [1.82, 2.24) is 5.32 Å². The third kappa shape index (κ3) is 3.50. The summed E-state index contributed by atoms with van der Waals surface area (Å²) in [5.74, 6) is 0.598. The van der Waals surface area contributed by atoms with Crippen LogP contribution >= 0.6 is 0 Å². The van der Waals surface area contributed by atoms with Crippen LogP contribution in [-0.4, -0.2) is 23.0 Å². The number of nitrogens with one attached hydrogen (secondary N) is 1. The summed E-state index contributed by atoms with van der Waals surface area (Å²) >= 11 is 0. The normalized spacial score (nSPS) is 23.1. The van der Waals surface area contributed by atoms with Crippen LogP contribution < -0.4 is 11.1 Å². The van der Waals surface area contributed by atoms with E-state index >= 15 is 0 Å². The van der Waals surface area contributed by atoms with Crippen LogP contribution in [0.15, 0.2) is 35.5 Å². The minimum Gasteiger partial charge on any atom is -0.409 e. The van der Waals surface area contributed by atoms with E-state index in [9.17, 15) is 4.79 Å². The maximum Gasteiger partial charge on any atom is 0.223 e. The monoisotopic (exact) mass is 275 g/mol. The van der Waals surface area contributed by atoms with Gasteiger partial charge in [0.15, 0.2) is 0 Å². The summed E-state index contributed by atoms with van der Waals surface area (Å²) in [5, 5.41) is 14.5. The first-order chi connectivity index (χ1) is 9.65. The van der Waals surface area contributed by atoms with E-state index in [1.165, 1.54) is 5.56 Å². The van der Waals surface area contributed by atoms with Crippen molar-refractivity contribution in [3.8, 4) is 0 Å². The minimum absolute atomic E-state index is 0.0544. The Morgan fingerprint density at radius 1 is 1.50 bits per heavy atom. The highest BCUT2D eigenvalue weighted by Crippen LogP contribution is 2.47. The van der Waals surface area contributed by atoms with Gasteiger partial charge in [0.05, 0.1) is 0 Å². The molecule has 1 amide bonds. The van der Waals surface area contributed by atoms with Crippen LogP contribution in [0.5, 0.6) is 0 Å². The summed E-state index contributed by atoms with van der Waals surface area (Å²) < 4.78 is 0. The first-order valence-electron chi connectivity index (χ1n) is 6.97. The van der Waals surface area contributed by atoms with Gasteiger partial charge < -0.3 is 16.3 Å². The molecule has 3 atom stereocenters. The molecule has 0 aliphatic heterocycles. The molecule has 20 heavy (non-hydrogen) atoms. The van der Waals surface area contributed by atoms with Crippen LogP contribution in [0.1, 0.15) is 37.7 Å². The van der Waals surface area contributed by atoms with Crippen LogP contribution in [0.4, 0.5) is 0 Å². The molecule has 1 fully saturated rings.